The Labute approximate surface area is 190 Å². The number of fused-ring (bicyclic) bond motifs is 2. The molecule has 2 N–H and O–H groups in total. The summed E-state index contributed by atoms with van der Waals surface area (Å²) in [6, 6.07) is 8.71. The number of pyridine rings is 3. The van der Waals surface area contributed by atoms with Gasteiger partial charge in [0.15, 0.2) is 0 Å². The van der Waals surface area contributed by atoms with Gasteiger partial charge in [-0.1, -0.05) is 23.5 Å². The summed E-state index contributed by atoms with van der Waals surface area (Å²) >= 11 is 1.23. The molecule has 5 rings (SSSR count). The molecule has 0 saturated carbocycles. The second-order valence-electron chi connectivity index (χ2n) is 7.47. The van der Waals surface area contributed by atoms with Crippen LogP contribution in [0.1, 0.15) is 26.5 Å². The van der Waals surface area contributed by atoms with Gasteiger partial charge in [-0.25, -0.2) is 4.98 Å². The third-order valence-electron chi connectivity index (χ3n) is 5.19. The number of carbonyl (C=O) groups is 1. The van der Waals surface area contributed by atoms with E-state index in [4.69, 9.17) is 10.4 Å². The molecule has 0 bridgehead atoms. The van der Waals surface area contributed by atoms with Gasteiger partial charge in [0.25, 0.3) is 11.5 Å². The van der Waals surface area contributed by atoms with Gasteiger partial charge in [0, 0.05) is 18.6 Å². The number of anilines is 1. The number of aryl methyl sites for hydroxylation is 2. The van der Waals surface area contributed by atoms with Crippen molar-refractivity contribution in [3.05, 3.63) is 86.5 Å². The third kappa shape index (κ3) is 3.68. The van der Waals surface area contributed by atoms with Crippen LogP contribution in [0.15, 0.2) is 53.7 Å². The van der Waals surface area contributed by atoms with E-state index in [2.05, 4.69) is 20.5 Å². The molecule has 11 heteroatoms. The average molecular weight is 459 g/mol. The maximum absolute atomic E-state index is 13.4. The minimum Gasteiger partial charge on any atom is -0.306 e. The highest BCUT2D eigenvalue weighted by atomic mass is 32.1. The van der Waals surface area contributed by atoms with Crippen LogP contribution in [0.5, 0.6) is 0 Å². The fourth-order valence-electron chi connectivity index (χ4n) is 3.61. The lowest BCUT2D eigenvalue weighted by molar-refractivity contribution is 0.102. The predicted molar refractivity (Wildman–Crippen MR) is 123 cm³/mol. The average Bonchev–Trinajstić information content (AvgIpc) is 3.21. The van der Waals surface area contributed by atoms with Crippen LogP contribution in [0.2, 0.25) is 0 Å². The van der Waals surface area contributed by atoms with Crippen molar-refractivity contribution in [1.82, 2.24) is 29.1 Å². The van der Waals surface area contributed by atoms with Crippen LogP contribution in [-0.4, -0.2) is 35.0 Å². The monoisotopic (exact) mass is 458 g/mol. The number of amides is 1. The zero-order valence-corrected chi connectivity index (χ0v) is 18.6. The summed E-state index contributed by atoms with van der Waals surface area (Å²) < 4.78 is 3.01. The molecule has 33 heavy (non-hydrogen) atoms. The molecule has 0 unspecified atom stereocenters. The molecular formula is C22H18N8O2S. The first-order valence-electron chi connectivity index (χ1n) is 10.0. The van der Waals surface area contributed by atoms with Gasteiger partial charge in [-0.15, -0.1) is 10.2 Å². The number of carbonyl (C=O) groups excluding carboxylic acids is 1. The fourth-order valence-corrected chi connectivity index (χ4v) is 4.20. The van der Waals surface area contributed by atoms with Crippen molar-refractivity contribution < 1.29 is 4.79 Å². The number of hydrogen-bond acceptors (Lipinski definition) is 8. The summed E-state index contributed by atoms with van der Waals surface area (Å²) in [7, 11) is 0. The van der Waals surface area contributed by atoms with Crippen LogP contribution in [0.4, 0.5) is 5.13 Å². The minimum atomic E-state index is -0.549. The molecular weight excluding hydrogens is 440 g/mol. The first-order chi connectivity index (χ1) is 15.9. The Kier molecular flexibility index (Phi) is 5.02. The molecule has 0 aliphatic heterocycles. The van der Waals surface area contributed by atoms with Crippen LogP contribution in [0.25, 0.3) is 16.7 Å². The van der Waals surface area contributed by atoms with Crippen LogP contribution in [-0.2, 0) is 6.54 Å². The van der Waals surface area contributed by atoms with Gasteiger partial charge in [0.05, 0.1) is 17.5 Å². The Hall–Kier alpha value is -4.25. The standard InChI is InChI=1S/C22H18N8O2S/c1-12-5-4-8-29-18(12)25-19-16(21(29)32)9-15(20(31)26-22-28-27-13(2)33-22)17(23)30(19)11-14-6-3-7-24-10-14/h3-10,23H,11H2,1-2H3,(H,26,28,31). The van der Waals surface area contributed by atoms with E-state index in [9.17, 15) is 9.59 Å². The highest BCUT2D eigenvalue weighted by Crippen LogP contribution is 2.17. The van der Waals surface area contributed by atoms with Crippen molar-refractivity contribution in [3.63, 3.8) is 0 Å². The minimum absolute atomic E-state index is 0.0331. The zero-order chi connectivity index (χ0) is 23.1. The van der Waals surface area contributed by atoms with E-state index >= 15 is 0 Å². The third-order valence-corrected chi connectivity index (χ3v) is 5.94. The Balaban J connectivity index is 1.78. The molecule has 0 radical (unpaired) electrons. The molecule has 1 amide bonds. The zero-order valence-electron chi connectivity index (χ0n) is 17.7. The number of nitrogens with one attached hydrogen (secondary N) is 2. The summed E-state index contributed by atoms with van der Waals surface area (Å²) in [4.78, 5) is 35.3. The number of nitrogens with zero attached hydrogens (tertiary/aromatic N) is 6. The maximum Gasteiger partial charge on any atom is 0.267 e. The number of aromatic nitrogens is 6. The summed E-state index contributed by atoms with van der Waals surface area (Å²) in [6.45, 7) is 3.87. The molecule has 0 fully saturated rings. The second kappa shape index (κ2) is 8.02. The Morgan fingerprint density at radius 3 is 2.76 bits per heavy atom. The first kappa shape index (κ1) is 20.6. The van der Waals surface area contributed by atoms with Gasteiger partial charge in [0.1, 0.15) is 21.8 Å². The summed E-state index contributed by atoms with van der Waals surface area (Å²) in [5.74, 6) is -0.549. The summed E-state index contributed by atoms with van der Waals surface area (Å²) in [6.07, 6.45) is 4.97. The lowest BCUT2D eigenvalue weighted by atomic mass is 10.1. The van der Waals surface area contributed by atoms with Gasteiger partial charge in [-0.2, -0.15) is 0 Å². The SMILES string of the molecule is Cc1nnc(NC(=O)c2cc3c(=O)n4cccc(C)c4nc3n(Cc3cccnc3)c2=N)s1. The molecule has 164 valence electrons. The number of hydrogen-bond donors (Lipinski definition) is 2. The van der Waals surface area contributed by atoms with Crippen molar-refractivity contribution in [3.8, 4) is 0 Å². The van der Waals surface area contributed by atoms with E-state index in [1.165, 1.54) is 21.8 Å². The molecule has 0 atom stereocenters. The maximum atomic E-state index is 13.4. The van der Waals surface area contributed by atoms with E-state index < -0.39 is 5.91 Å². The predicted octanol–water partition coefficient (Wildman–Crippen LogP) is 2.29. The van der Waals surface area contributed by atoms with Crippen molar-refractivity contribution in [2.45, 2.75) is 20.4 Å². The van der Waals surface area contributed by atoms with Crippen LogP contribution < -0.4 is 16.4 Å². The van der Waals surface area contributed by atoms with Crippen molar-refractivity contribution in [2.75, 3.05) is 5.32 Å². The molecule has 0 saturated heterocycles. The van der Waals surface area contributed by atoms with Gasteiger partial charge >= 0.3 is 0 Å². The Morgan fingerprint density at radius 1 is 1.18 bits per heavy atom. The van der Waals surface area contributed by atoms with Gasteiger partial charge in [-0.3, -0.25) is 29.7 Å². The topological polar surface area (TPSA) is 131 Å². The van der Waals surface area contributed by atoms with Crippen molar-refractivity contribution >= 4 is 39.1 Å². The quantitative estimate of drug-likeness (QED) is 0.397. The lowest BCUT2D eigenvalue weighted by Gasteiger charge is -2.15. The van der Waals surface area contributed by atoms with E-state index in [-0.39, 0.29) is 28.5 Å². The molecule has 5 heterocycles. The lowest BCUT2D eigenvalue weighted by Crippen LogP contribution is -2.32. The normalized spacial score (nSPS) is 11.2. The van der Waals surface area contributed by atoms with Crippen molar-refractivity contribution in [1.29, 1.82) is 5.41 Å². The van der Waals surface area contributed by atoms with Crippen LogP contribution in [0, 0.1) is 19.3 Å². The van der Waals surface area contributed by atoms with Crippen LogP contribution >= 0.6 is 11.3 Å². The van der Waals surface area contributed by atoms with E-state index in [0.717, 1.165) is 11.1 Å². The van der Waals surface area contributed by atoms with E-state index in [0.29, 0.717) is 21.4 Å². The van der Waals surface area contributed by atoms with Gasteiger partial charge < -0.3 is 4.57 Å². The van der Waals surface area contributed by atoms with Crippen molar-refractivity contribution in [2.24, 2.45) is 0 Å². The largest absolute Gasteiger partial charge is 0.306 e. The summed E-state index contributed by atoms with van der Waals surface area (Å²) in [5.41, 5.74) is 2.09. The van der Waals surface area contributed by atoms with Crippen LogP contribution in [0.3, 0.4) is 0 Å². The molecule has 10 nitrogen and oxygen atoms in total. The molecule has 0 spiro atoms. The summed E-state index contributed by atoms with van der Waals surface area (Å²) in [5, 5.41) is 20.5. The molecule has 0 aliphatic carbocycles. The first-order valence-corrected chi connectivity index (χ1v) is 10.8. The van der Waals surface area contributed by atoms with E-state index in [1.807, 2.05) is 19.1 Å². The Bertz CT molecular complexity index is 1650. The van der Waals surface area contributed by atoms with Gasteiger partial charge in [0.2, 0.25) is 5.13 Å². The highest BCUT2D eigenvalue weighted by molar-refractivity contribution is 7.15. The fraction of sp³-hybridized carbons (Fsp3) is 0.136. The van der Waals surface area contributed by atoms with Gasteiger partial charge in [-0.05, 0) is 43.2 Å². The molecule has 0 aliphatic rings. The molecule has 5 aromatic heterocycles. The smallest absolute Gasteiger partial charge is 0.267 e. The molecule has 0 aromatic carbocycles. The van der Waals surface area contributed by atoms with E-state index in [1.54, 1.807) is 42.2 Å². The number of rotatable bonds is 4. The highest BCUT2D eigenvalue weighted by Gasteiger charge is 2.19. The second-order valence-corrected chi connectivity index (χ2v) is 8.66. The Morgan fingerprint density at radius 2 is 2.03 bits per heavy atom. The molecule has 5 aromatic rings.